The zero-order valence-electron chi connectivity index (χ0n) is 28.7. The molecule has 10 aromatic rings. The van der Waals surface area contributed by atoms with Crippen molar-refractivity contribution >= 4 is 60.7 Å². The van der Waals surface area contributed by atoms with Crippen molar-refractivity contribution in [2.24, 2.45) is 0 Å². The third-order valence-electron chi connectivity index (χ3n) is 11.3. The van der Waals surface area contributed by atoms with E-state index < -0.39 is 0 Å². The first-order valence-electron chi connectivity index (χ1n) is 18.2. The molecular formula is C48H27N3O3. The van der Waals surface area contributed by atoms with Crippen molar-refractivity contribution in [3.63, 3.8) is 0 Å². The van der Waals surface area contributed by atoms with Gasteiger partial charge in [0.05, 0.1) is 33.4 Å². The normalized spacial score (nSPS) is 13.2. The highest BCUT2D eigenvalue weighted by Gasteiger charge is 2.33. The fraction of sp³-hybridized carbons (Fsp3) is 0. The van der Waals surface area contributed by atoms with Crippen LogP contribution in [0, 0.1) is 0 Å². The van der Waals surface area contributed by atoms with Gasteiger partial charge in [-0.05, 0) is 102 Å². The molecule has 3 aliphatic heterocycles. The van der Waals surface area contributed by atoms with Crippen LogP contribution in [0.15, 0.2) is 164 Å². The zero-order valence-corrected chi connectivity index (χ0v) is 28.7. The SMILES string of the molecule is c1ccc2c(c1)Oc1ccccc1N2c1ccc2c(c1)c1ccccc1n2-c1ccc(-c2ccc3c4c2c2cccc5c2n4-c2c(cccc2O3)O5)cc1. The van der Waals surface area contributed by atoms with Crippen LogP contribution < -0.4 is 19.1 Å². The molecule has 54 heavy (non-hydrogen) atoms. The quantitative estimate of drug-likeness (QED) is 0.185. The predicted octanol–water partition coefficient (Wildman–Crippen LogP) is 13.3. The highest BCUT2D eigenvalue weighted by Crippen LogP contribution is 2.56. The second-order valence-electron chi connectivity index (χ2n) is 14.1. The summed E-state index contributed by atoms with van der Waals surface area (Å²) in [5, 5.41) is 4.71. The number of aromatic nitrogens is 2. The van der Waals surface area contributed by atoms with E-state index in [1.807, 2.05) is 42.5 Å². The summed E-state index contributed by atoms with van der Waals surface area (Å²) in [6.07, 6.45) is 0. The molecule has 5 heterocycles. The van der Waals surface area contributed by atoms with Gasteiger partial charge in [-0.15, -0.1) is 0 Å². The predicted molar refractivity (Wildman–Crippen MR) is 215 cm³/mol. The minimum atomic E-state index is 0.809. The van der Waals surface area contributed by atoms with Crippen molar-refractivity contribution in [2.75, 3.05) is 4.90 Å². The number of nitrogens with zero attached hydrogens (tertiary/aromatic N) is 3. The molecule has 0 unspecified atom stereocenters. The van der Waals surface area contributed by atoms with E-state index in [1.165, 1.54) is 16.2 Å². The highest BCUT2D eigenvalue weighted by molar-refractivity contribution is 6.20. The summed E-state index contributed by atoms with van der Waals surface area (Å²) >= 11 is 0. The molecule has 0 aliphatic carbocycles. The number of hydrogen-bond acceptors (Lipinski definition) is 4. The summed E-state index contributed by atoms with van der Waals surface area (Å²) in [7, 11) is 0. The van der Waals surface area contributed by atoms with Crippen LogP contribution in [0.5, 0.6) is 34.5 Å². The van der Waals surface area contributed by atoms with Crippen LogP contribution in [-0.2, 0) is 0 Å². The number of rotatable bonds is 3. The lowest BCUT2D eigenvalue weighted by atomic mass is 9.98. The Morgan fingerprint density at radius 1 is 0.370 bits per heavy atom. The molecule has 0 radical (unpaired) electrons. The Morgan fingerprint density at radius 3 is 1.76 bits per heavy atom. The Hall–Kier alpha value is -7.44. The molecule has 0 amide bonds. The fourth-order valence-electron chi connectivity index (χ4n) is 9.04. The minimum absolute atomic E-state index is 0.809. The molecule has 6 heteroatoms. The molecule has 0 atom stereocenters. The van der Waals surface area contributed by atoms with Crippen LogP contribution >= 0.6 is 0 Å². The van der Waals surface area contributed by atoms with Gasteiger partial charge in [0.2, 0.25) is 0 Å². The molecule has 252 valence electrons. The maximum absolute atomic E-state index is 6.50. The van der Waals surface area contributed by atoms with Crippen molar-refractivity contribution < 1.29 is 14.2 Å². The van der Waals surface area contributed by atoms with Gasteiger partial charge >= 0.3 is 0 Å². The number of para-hydroxylation sites is 7. The van der Waals surface area contributed by atoms with Crippen LogP contribution in [0.2, 0.25) is 0 Å². The van der Waals surface area contributed by atoms with E-state index in [0.29, 0.717) is 0 Å². The second kappa shape index (κ2) is 10.1. The maximum atomic E-state index is 6.50. The van der Waals surface area contributed by atoms with Gasteiger partial charge < -0.3 is 23.7 Å². The van der Waals surface area contributed by atoms with Crippen LogP contribution in [0.4, 0.5) is 17.1 Å². The summed E-state index contributed by atoms with van der Waals surface area (Å²) in [5.74, 6) is 5.02. The molecule has 0 spiro atoms. The van der Waals surface area contributed by atoms with Crippen molar-refractivity contribution in [1.29, 1.82) is 0 Å². The van der Waals surface area contributed by atoms with Gasteiger partial charge in [-0.25, -0.2) is 0 Å². The van der Waals surface area contributed by atoms with Crippen molar-refractivity contribution in [1.82, 2.24) is 9.13 Å². The van der Waals surface area contributed by atoms with Crippen molar-refractivity contribution in [3.8, 4) is 57.0 Å². The van der Waals surface area contributed by atoms with Gasteiger partial charge in [-0.1, -0.05) is 72.8 Å². The van der Waals surface area contributed by atoms with Gasteiger partial charge in [0.1, 0.15) is 5.69 Å². The topological polar surface area (TPSA) is 40.8 Å². The molecule has 8 aromatic carbocycles. The smallest absolute Gasteiger partial charge is 0.155 e. The van der Waals surface area contributed by atoms with Crippen molar-refractivity contribution in [3.05, 3.63) is 164 Å². The van der Waals surface area contributed by atoms with Gasteiger partial charge in [0.25, 0.3) is 0 Å². The van der Waals surface area contributed by atoms with Crippen LogP contribution in [0.1, 0.15) is 0 Å². The van der Waals surface area contributed by atoms with Gasteiger partial charge in [-0.3, -0.25) is 4.57 Å². The summed E-state index contributed by atoms with van der Waals surface area (Å²) in [4.78, 5) is 2.30. The Kier molecular flexibility index (Phi) is 5.28. The molecular weight excluding hydrogens is 667 g/mol. The van der Waals surface area contributed by atoms with Crippen molar-refractivity contribution in [2.45, 2.75) is 0 Å². The lowest BCUT2D eigenvalue weighted by Crippen LogP contribution is -2.15. The summed E-state index contributed by atoms with van der Waals surface area (Å²) < 4.78 is 23.9. The van der Waals surface area contributed by atoms with E-state index in [0.717, 1.165) is 102 Å². The van der Waals surface area contributed by atoms with Gasteiger partial charge in [0.15, 0.2) is 34.5 Å². The number of ether oxygens (including phenoxy) is 3. The lowest BCUT2D eigenvalue weighted by molar-refractivity contribution is 0.444. The van der Waals surface area contributed by atoms with Crippen LogP contribution in [0.3, 0.4) is 0 Å². The molecule has 0 bridgehead atoms. The summed E-state index contributed by atoms with van der Waals surface area (Å²) in [5.41, 5.74) is 12.0. The summed E-state index contributed by atoms with van der Waals surface area (Å²) in [6, 6.07) is 57.6. The molecule has 6 nitrogen and oxygen atoms in total. The fourth-order valence-corrected chi connectivity index (χ4v) is 9.04. The number of anilines is 3. The number of fused-ring (bicyclic) bond motifs is 6. The molecule has 0 saturated heterocycles. The molecule has 0 saturated carbocycles. The van der Waals surface area contributed by atoms with E-state index in [4.69, 9.17) is 14.2 Å². The van der Waals surface area contributed by atoms with E-state index >= 15 is 0 Å². The average Bonchev–Trinajstić information content (AvgIpc) is 3.75. The Balaban J connectivity index is 0.972. The Morgan fingerprint density at radius 2 is 0.963 bits per heavy atom. The van der Waals surface area contributed by atoms with E-state index in [1.54, 1.807) is 0 Å². The third-order valence-corrected chi connectivity index (χ3v) is 11.3. The Labute approximate surface area is 308 Å². The van der Waals surface area contributed by atoms with Crippen LogP contribution in [0.25, 0.3) is 66.1 Å². The number of benzene rings is 8. The standard InChI is InChI=1S/C48H27N3O3/c1-2-11-35-32(9-1)34-27-30(50-37-12-3-5-14-39(37)52-40-15-6-4-13-38(40)50)23-25-36(34)49(35)29-21-19-28(20-22-29)31-24-26-44-48-45(31)33-10-7-16-41-46(33)51(48)47-42(53-41)17-8-18-43(47)54-44/h1-27H. The minimum Gasteiger partial charge on any atom is -0.453 e. The first-order valence-corrected chi connectivity index (χ1v) is 18.2. The molecule has 2 aromatic heterocycles. The lowest BCUT2D eigenvalue weighted by Gasteiger charge is -2.32. The first kappa shape index (κ1) is 28.2. The maximum Gasteiger partial charge on any atom is 0.155 e. The molecule has 3 aliphatic rings. The average molecular weight is 694 g/mol. The molecule has 0 N–H and O–H groups in total. The molecule has 13 rings (SSSR count). The molecule has 0 fully saturated rings. The van der Waals surface area contributed by atoms with E-state index in [9.17, 15) is 0 Å². The van der Waals surface area contributed by atoms with Crippen LogP contribution in [-0.4, -0.2) is 9.13 Å². The highest BCUT2D eigenvalue weighted by atomic mass is 16.5. The first-order chi connectivity index (χ1) is 26.8. The van der Waals surface area contributed by atoms with E-state index in [2.05, 4.69) is 135 Å². The largest absolute Gasteiger partial charge is 0.453 e. The van der Waals surface area contributed by atoms with Gasteiger partial charge in [-0.2, -0.15) is 0 Å². The Bertz CT molecular complexity index is 3200. The van der Waals surface area contributed by atoms with Gasteiger partial charge in [0, 0.05) is 32.9 Å². The number of hydrogen-bond donors (Lipinski definition) is 0. The third kappa shape index (κ3) is 3.59. The summed E-state index contributed by atoms with van der Waals surface area (Å²) in [6.45, 7) is 0. The zero-order chi connectivity index (χ0) is 35.1. The second-order valence-corrected chi connectivity index (χ2v) is 14.1. The monoisotopic (exact) mass is 693 g/mol. The van der Waals surface area contributed by atoms with E-state index in [-0.39, 0.29) is 0 Å².